The summed E-state index contributed by atoms with van der Waals surface area (Å²) in [4.78, 5) is 4.46. The molecule has 3 N–H and O–H groups in total. The van der Waals surface area contributed by atoms with Crippen LogP contribution in [0.5, 0.6) is 5.88 Å². The van der Waals surface area contributed by atoms with Crippen LogP contribution < -0.4 is 10.5 Å². The lowest BCUT2D eigenvalue weighted by atomic mass is 10.0. The minimum atomic E-state index is -3.29. The highest BCUT2D eigenvalue weighted by Gasteiger charge is 2.21. The summed E-state index contributed by atoms with van der Waals surface area (Å²) in [6.07, 6.45) is 4.18. The third kappa shape index (κ3) is 5.30. The Hall–Kier alpha value is -2.45. The van der Waals surface area contributed by atoms with Crippen molar-refractivity contribution in [2.75, 3.05) is 25.2 Å². The van der Waals surface area contributed by atoms with Crippen molar-refractivity contribution in [2.45, 2.75) is 37.7 Å². The molecule has 0 aliphatic carbocycles. The molecular weight excluding hydrogens is 378 g/mol. The fourth-order valence-electron chi connectivity index (χ4n) is 2.76. The number of sulfone groups is 1. The Morgan fingerprint density at radius 1 is 1.18 bits per heavy atom. The summed E-state index contributed by atoms with van der Waals surface area (Å²) in [6.45, 7) is 5.26. The van der Waals surface area contributed by atoms with Gasteiger partial charge in [-0.25, -0.2) is 13.4 Å². The highest BCUT2D eigenvalue weighted by Crippen LogP contribution is 2.27. The third-order valence-electron chi connectivity index (χ3n) is 4.22. The van der Waals surface area contributed by atoms with Crippen LogP contribution in [0.25, 0.3) is 0 Å². The van der Waals surface area contributed by atoms with Gasteiger partial charge in [0.25, 0.3) is 0 Å². The zero-order valence-electron chi connectivity index (χ0n) is 16.4. The number of aromatic nitrogens is 1. The first kappa shape index (κ1) is 21.8. The van der Waals surface area contributed by atoms with Crippen molar-refractivity contribution in [3.63, 3.8) is 0 Å². The zero-order valence-corrected chi connectivity index (χ0v) is 17.3. The van der Waals surface area contributed by atoms with E-state index in [1.165, 1.54) is 12.1 Å². The van der Waals surface area contributed by atoms with E-state index in [1.807, 2.05) is 13.8 Å². The summed E-state index contributed by atoms with van der Waals surface area (Å²) in [7, 11) is -3.29. The third-order valence-corrected chi connectivity index (χ3v) is 5.34. The Balaban J connectivity index is 0.00000136. The summed E-state index contributed by atoms with van der Waals surface area (Å²) in [5, 5.41) is 8.52. The fraction of sp³-hybridized carbons (Fsp3) is 0.400. The number of ether oxygens (including phenoxy) is 2. The van der Waals surface area contributed by atoms with Crippen LogP contribution in [0, 0.1) is 5.41 Å². The Morgan fingerprint density at radius 2 is 1.79 bits per heavy atom. The molecule has 0 saturated carbocycles. The molecule has 0 atom stereocenters. The first-order valence-corrected chi connectivity index (χ1v) is 11.1. The quantitative estimate of drug-likeness (QED) is 0.739. The Kier molecular flexibility index (Phi) is 7.53. The average molecular weight is 406 g/mol. The molecule has 1 aromatic carbocycles. The van der Waals surface area contributed by atoms with Gasteiger partial charge in [0.1, 0.15) is 6.10 Å². The van der Waals surface area contributed by atoms with E-state index in [-0.39, 0.29) is 16.7 Å². The number of nitrogens with zero attached hydrogens (tertiary/aromatic N) is 1. The second-order valence-electron chi connectivity index (χ2n) is 6.18. The first-order valence-electron chi connectivity index (χ1n) is 9.24. The number of hydrogen-bond donors (Lipinski definition) is 2. The standard InChI is InChI=1S/C18H21N3O4S.C2H6/c1-26(22,23)14-4-2-12(3-5-14)17(20)16-15(19)6-9-21-18(16)25-13-7-10-24-11-8-13;1-2/h2-6,9,13,20H,7-8,10-11H2,1H3,(H2,19,21);1-2H3. The van der Waals surface area contributed by atoms with Crippen molar-refractivity contribution < 1.29 is 17.9 Å². The van der Waals surface area contributed by atoms with E-state index in [9.17, 15) is 8.42 Å². The van der Waals surface area contributed by atoms with Gasteiger partial charge >= 0.3 is 0 Å². The monoisotopic (exact) mass is 405 g/mol. The molecule has 3 rings (SSSR count). The van der Waals surface area contributed by atoms with Gasteiger partial charge in [0.2, 0.25) is 5.88 Å². The van der Waals surface area contributed by atoms with Gasteiger partial charge in [0.05, 0.1) is 29.4 Å². The summed E-state index contributed by atoms with van der Waals surface area (Å²) in [5.41, 5.74) is 7.55. The Labute approximate surface area is 166 Å². The molecule has 152 valence electrons. The van der Waals surface area contributed by atoms with Gasteiger partial charge in [-0.05, 0) is 18.2 Å². The van der Waals surface area contributed by atoms with Gasteiger partial charge in [0.15, 0.2) is 9.84 Å². The molecule has 1 saturated heterocycles. The molecule has 2 heterocycles. The van der Waals surface area contributed by atoms with Gasteiger partial charge in [0, 0.05) is 36.5 Å². The Morgan fingerprint density at radius 3 is 2.36 bits per heavy atom. The van der Waals surface area contributed by atoms with Gasteiger partial charge in [-0.2, -0.15) is 0 Å². The van der Waals surface area contributed by atoms with Crippen LogP contribution in [0.4, 0.5) is 5.69 Å². The van der Waals surface area contributed by atoms with E-state index in [2.05, 4.69) is 4.98 Å². The maximum atomic E-state index is 11.6. The lowest BCUT2D eigenvalue weighted by Gasteiger charge is -2.24. The molecule has 28 heavy (non-hydrogen) atoms. The molecule has 8 heteroatoms. The van der Waals surface area contributed by atoms with Crippen LogP contribution in [0.2, 0.25) is 0 Å². The van der Waals surface area contributed by atoms with Crippen LogP contribution in [0.3, 0.4) is 0 Å². The predicted octanol–water partition coefficient (Wildman–Crippen LogP) is 3.07. The highest BCUT2D eigenvalue weighted by atomic mass is 32.2. The number of pyridine rings is 1. The minimum absolute atomic E-state index is 0.0304. The summed E-state index contributed by atoms with van der Waals surface area (Å²) in [6, 6.07) is 7.74. The van der Waals surface area contributed by atoms with E-state index in [1.54, 1.807) is 24.4 Å². The molecule has 0 spiro atoms. The van der Waals surface area contributed by atoms with Crippen LogP contribution in [-0.4, -0.2) is 44.7 Å². The first-order chi connectivity index (χ1) is 13.4. The molecule has 1 aliphatic heterocycles. The van der Waals surface area contributed by atoms with Gasteiger partial charge in [-0.3, -0.25) is 5.41 Å². The lowest BCUT2D eigenvalue weighted by Crippen LogP contribution is -2.27. The van der Waals surface area contributed by atoms with Gasteiger partial charge in [-0.15, -0.1) is 0 Å². The number of anilines is 1. The normalized spacial score (nSPS) is 14.7. The van der Waals surface area contributed by atoms with Crippen LogP contribution in [-0.2, 0) is 14.6 Å². The van der Waals surface area contributed by atoms with Crippen molar-refractivity contribution in [1.82, 2.24) is 4.98 Å². The van der Waals surface area contributed by atoms with E-state index in [0.717, 1.165) is 19.1 Å². The van der Waals surface area contributed by atoms with Crippen molar-refractivity contribution >= 4 is 21.2 Å². The Bertz CT molecular complexity index is 906. The number of benzene rings is 1. The van der Waals surface area contributed by atoms with Crippen LogP contribution >= 0.6 is 0 Å². The van der Waals surface area contributed by atoms with E-state index < -0.39 is 9.84 Å². The van der Waals surface area contributed by atoms with Crippen molar-refractivity contribution in [1.29, 1.82) is 5.41 Å². The van der Waals surface area contributed by atoms with E-state index >= 15 is 0 Å². The predicted molar refractivity (Wildman–Crippen MR) is 110 cm³/mol. The number of nitrogens with one attached hydrogen (secondary N) is 1. The molecule has 0 bridgehead atoms. The fourth-order valence-corrected chi connectivity index (χ4v) is 3.39. The second kappa shape index (κ2) is 9.66. The molecule has 1 aromatic heterocycles. The molecule has 7 nitrogen and oxygen atoms in total. The van der Waals surface area contributed by atoms with E-state index in [0.29, 0.717) is 35.9 Å². The van der Waals surface area contributed by atoms with Crippen molar-refractivity contribution in [2.24, 2.45) is 0 Å². The number of nitrogens with two attached hydrogens (primary N) is 1. The number of nitrogen functional groups attached to an aromatic ring is 1. The topological polar surface area (TPSA) is 115 Å². The largest absolute Gasteiger partial charge is 0.474 e. The highest BCUT2D eigenvalue weighted by molar-refractivity contribution is 7.90. The summed E-state index contributed by atoms with van der Waals surface area (Å²) < 4.78 is 34.5. The maximum Gasteiger partial charge on any atom is 0.225 e. The van der Waals surface area contributed by atoms with Gasteiger partial charge in [-0.1, -0.05) is 26.0 Å². The van der Waals surface area contributed by atoms with Crippen molar-refractivity contribution in [3.8, 4) is 5.88 Å². The van der Waals surface area contributed by atoms with Crippen LogP contribution in [0.1, 0.15) is 37.8 Å². The van der Waals surface area contributed by atoms with Crippen molar-refractivity contribution in [3.05, 3.63) is 47.7 Å². The molecule has 1 fully saturated rings. The van der Waals surface area contributed by atoms with Gasteiger partial charge < -0.3 is 15.2 Å². The number of rotatable bonds is 5. The second-order valence-corrected chi connectivity index (χ2v) is 8.20. The molecule has 0 amide bonds. The SMILES string of the molecule is CC.CS(=O)(=O)c1ccc(C(=N)c2c(N)ccnc2OC2CCOCC2)cc1. The molecule has 0 unspecified atom stereocenters. The van der Waals surface area contributed by atoms with E-state index in [4.69, 9.17) is 20.6 Å². The number of hydrogen-bond acceptors (Lipinski definition) is 7. The average Bonchev–Trinajstić information content (AvgIpc) is 2.69. The molecular formula is C20H27N3O4S. The molecule has 1 aliphatic rings. The minimum Gasteiger partial charge on any atom is -0.474 e. The lowest BCUT2D eigenvalue weighted by molar-refractivity contribution is 0.0237. The summed E-state index contributed by atoms with van der Waals surface area (Å²) in [5.74, 6) is 0.314. The van der Waals surface area contributed by atoms with Crippen LogP contribution in [0.15, 0.2) is 41.4 Å². The molecule has 0 radical (unpaired) electrons. The zero-order chi connectivity index (χ0) is 20.7. The molecule has 2 aromatic rings. The summed E-state index contributed by atoms with van der Waals surface area (Å²) >= 11 is 0. The maximum absolute atomic E-state index is 11.6. The smallest absolute Gasteiger partial charge is 0.225 e.